The molecule has 1 aliphatic heterocycles. The van der Waals surface area contributed by atoms with Crippen LogP contribution in [0, 0.1) is 5.92 Å². The van der Waals surface area contributed by atoms with Gasteiger partial charge in [0.1, 0.15) is 0 Å². The molecule has 140 valence electrons. The monoisotopic (exact) mass is 358 g/mol. The topological polar surface area (TPSA) is 24.1 Å². The minimum atomic E-state index is -2.73. The van der Waals surface area contributed by atoms with Gasteiger partial charge in [-0.05, 0) is 43.9 Å². The van der Waals surface area contributed by atoms with Crippen molar-refractivity contribution in [3.63, 3.8) is 0 Å². The van der Waals surface area contributed by atoms with Crippen LogP contribution in [0.4, 0.5) is 8.78 Å². The lowest BCUT2D eigenvalue weighted by Crippen LogP contribution is -2.37. The minimum Gasteiger partial charge on any atom is -0.312 e. The zero-order chi connectivity index (χ0) is 18.6. The second-order valence-corrected chi connectivity index (χ2v) is 8.03. The van der Waals surface area contributed by atoms with E-state index in [4.69, 9.17) is 0 Å². The summed E-state index contributed by atoms with van der Waals surface area (Å²) in [6.07, 6.45) is 0.718. The van der Waals surface area contributed by atoms with Crippen molar-refractivity contribution in [3.8, 4) is 0 Å². The van der Waals surface area contributed by atoms with Gasteiger partial charge >= 0.3 is 0 Å². The van der Waals surface area contributed by atoms with Gasteiger partial charge in [0.05, 0.1) is 12.6 Å². The van der Waals surface area contributed by atoms with Crippen LogP contribution in [0.5, 0.6) is 0 Å². The fourth-order valence-electron chi connectivity index (χ4n) is 3.90. The standard InChI is InChI=1S/C22H28F2N2/c1-21(2)13-17(15-26-21)14-22(23,24)16-25-20(18-9-5-3-6-10-18)19-11-7-4-8-12-19/h3-12,17,20,25-26H,13-16H2,1-2H3. The Balaban J connectivity index is 1.67. The van der Waals surface area contributed by atoms with Crippen LogP contribution in [0.2, 0.25) is 0 Å². The molecular weight excluding hydrogens is 330 g/mol. The number of halogens is 2. The van der Waals surface area contributed by atoms with Gasteiger partial charge in [0.2, 0.25) is 0 Å². The van der Waals surface area contributed by atoms with E-state index in [-0.39, 0.29) is 30.5 Å². The summed E-state index contributed by atoms with van der Waals surface area (Å²) in [5.74, 6) is -2.71. The van der Waals surface area contributed by atoms with Crippen LogP contribution in [0.15, 0.2) is 60.7 Å². The van der Waals surface area contributed by atoms with Gasteiger partial charge in [-0.15, -0.1) is 0 Å². The molecule has 0 amide bonds. The lowest BCUT2D eigenvalue weighted by molar-refractivity contribution is -0.0213. The summed E-state index contributed by atoms with van der Waals surface area (Å²) in [5.41, 5.74) is 1.96. The van der Waals surface area contributed by atoms with Crippen LogP contribution in [0.3, 0.4) is 0 Å². The van der Waals surface area contributed by atoms with Crippen LogP contribution in [0.25, 0.3) is 0 Å². The normalized spacial score (nSPS) is 19.8. The van der Waals surface area contributed by atoms with Crippen molar-refractivity contribution in [3.05, 3.63) is 71.8 Å². The number of hydrogen-bond acceptors (Lipinski definition) is 2. The van der Waals surface area contributed by atoms with E-state index in [9.17, 15) is 8.78 Å². The van der Waals surface area contributed by atoms with Gasteiger partial charge in [-0.2, -0.15) is 0 Å². The highest BCUT2D eigenvalue weighted by Crippen LogP contribution is 2.33. The van der Waals surface area contributed by atoms with Gasteiger partial charge < -0.3 is 10.6 Å². The zero-order valence-electron chi connectivity index (χ0n) is 15.5. The van der Waals surface area contributed by atoms with Gasteiger partial charge in [-0.3, -0.25) is 0 Å². The fourth-order valence-corrected chi connectivity index (χ4v) is 3.90. The van der Waals surface area contributed by atoms with Crippen molar-refractivity contribution in [2.45, 2.75) is 44.2 Å². The van der Waals surface area contributed by atoms with Gasteiger partial charge in [0.25, 0.3) is 5.92 Å². The first-order chi connectivity index (χ1) is 12.3. The largest absolute Gasteiger partial charge is 0.312 e. The van der Waals surface area contributed by atoms with Crippen molar-refractivity contribution in [1.82, 2.24) is 10.6 Å². The van der Waals surface area contributed by atoms with Crippen LogP contribution in [-0.2, 0) is 0 Å². The Kier molecular flexibility index (Phi) is 5.73. The number of rotatable bonds is 7. The van der Waals surface area contributed by atoms with Crippen LogP contribution in [0.1, 0.15) is 43.9 Å². The molecule has 26 heavy (non-hydrogen) atoms. The van der Waals surface area contributed by atoms with Crippen molar-refractivity contribution in [1.29, 1.82) is 0 Å². The lowest BCUT2D eigenvalue weighted by atomic mass is 9.92. The third-order valence-electron chi connectivity index (χ3n) is 5.09. The second-order valence-electron chi connectivity index (χ2n) is 8.03. The molecule has 1 saturated heterocycles. The molecule has 0 saturated carbocycles. The summed E-state index contributed by atoms with van der Waals surface area (Å²) < 4.78 is 29.3. The number of alkyl halides is 2. The first kappa shape index (κ1) is 19.0. The Morgan fingerprint density at radius 2 is 1.58 bits per heavy atom. The lowest BCUT2D eigenvalue weighted by Gasteiger charge is -2.25. The van der Waals surface area contributed by atoms with Gasteiger partial charge in [0, 0.05) is 12.0 Å². The molecule has 0 aromatic heterocycles. The van der Waals surface area contributed by atoms with Crippen LogP contribution in [-0.4, -0.2) is 24.6 Å². The number of hydrogen-bond donors (Lipinski definition) is 2. The van der Waals surface area contributed by atoms with Crippen molar-refractivity contribution < 1.29 is 8.78 Å². The first-order valence-corrected chi connectivity index (χ1v) is 9.31. The van der Waals surface area contributed by atoms with E-state index in [1.54, 1.807) is 0 Å². The highest BCUT2D eigenvalue weighted by molar-refractivity contribution is 5.31. The molecule has 1 heterocycles. The molecule has 3 rings (SSSR count). The van der Waals surface area contributed by atoms with Crippen LogP contribution < -0.4 is 10.6 Å². The average Bonchev–Trinajstić information content (AvgIpc) is 2.94. The molecule has 2 aromatic rings. The zero-order valence-corrected chi connectivity index (χ0v) is 15.5. The first-order valence-electron chi connectivity index (χ1n) is 9.31. The quantitative estimate of drug-likeness (QED) is 0.744. The Morgan fingerprint density at radius 1 is 1.04 bits per heavy atom. The molecule has 1 fully saturated rings. The van der Waals surface area contributed by atoms with E-state index in [2.05, 4.69) is 24.5 Å². The third-order valence-corrected chi connectivity index (χ3v) is 5.09. The summed E-state index contributed by atoms with van der Waals surface area (Å²) in [7, 11) is 0. The summed E-state index contributed by atoms with van der Waals surface area (Å²) in [4.78, 5) is 0. The van der Waals surface area contributed by atoms with E-state index < -0.39 is 5.92 Å². The highest BCUT2D eigenvalue weighted by Gasteiger charge is 2.38. The minimum absolute atomic E-state index is 0.0219. The molecule has 4 heteroatoms. The van der Waals surface area contributed by atoms with Gasteiger partial charge in [-0.1, -0.05) is 60.7 Å². The Hall–Kier alpha value is -1.78. The molecular formula is C22H28F2N2. The van der Waals surface area contributed by atoms with Gasteiger partial charge in [0.15, 0.2) is 0 Å². The second kappa shape index (κ2) is 7.85. The van der Waals surface area contributed by atoms with E-state index in [1.807, 2.05) is 60.7 Å². The predicted octanol–water partition coefficient (Wildman–Crippen LogP) is 4.78. The van der Waals surface area contributed by atoms with E-state index in [0.717, 1.165) is 17.5 Å². The Bertz CT molecular complexity index is 646. The van der Waals surface area contributed by atoms with Crippen molar-refractivity contribution in [2.75, 3.05) is 13.1 Å². The summed E-state index contributed by atoms with van der Waals surface area (Å²) in [6, 6.07) is 19.3. The van der Waals surface area contributed by atoms with E-state index in [1.165, 1.54) is 0 Å². The molecule has 1 aliphatic rings. The van der Waals surface area contributed by atoms with Crippen molar-refractivity contribution >= 4 is 0 Å². The number of nitrogens with one attached hydrogen (secondary N) is 2. The molecule has 0 bridgehead atoms. The fraction of sp³-hybridized carbons (Fsp3) is 0.455. The summed E-state index contributed by atoms with van der Waals surface area (Å²) in [5, 5.41) is 6.45. The van der Waals surface area contributed by atoms with E-state index in [0.29, 0.717) is 6.54 Å². The molecule has 2 nitrogen and oxygen atoms in total. The molecule has 1 atom stereocenters. The maximum Gasteiger partial charge on any atom is 0.260 e. The molecule has 2 aromatic carbocycles. The van der Waals surface area contributed by atoms with Crippen LogP contribution >= 0.6 is 0 Å². The highest BCUT2D eigenvalue weighted by atomic mass is 19.3. The van der Waals surface area contributed by atoms with E-state index >= 15 is 0 Å². The molecule has 1 unspecified atom stereocenters. The Labute approximate surface area is 155 Å². The van der Waals surface area contributed by atoms with Crippen molar-refractivity contribution in [2.24, 2.45) is 5.92 Å². The summed E-state index contributed by atoms with van der Waals surface area (Å²) in [6.45, 7) is 4.50. The maximum atomic E-state index is 14.6. The Morgan fingerprint density at radius 3 is 2.04 bits per heavy atom. The molecule has 0 radical (unpaired) electrons. The van der Waals surface area contributed by atoms with Gasteiger partial charge in [-0.25, -0.2) is 8.78 Å². The smallest absolute Gasteiger partial charge is 0.260 e. The molecule has 2 N–H and O–H groups in total. The summed E-state index contributed by atoms with van der Waals surface area (Å²) >= 11 is 0. The number of benzene rings is 2. The SMILES string of the molecule is CC1(C)CC(CC(F)(F)CNC(c2ccccc2)c2ccccc2)CN1. The third kappa shape index (κ3) is 5.12. The average molecular weight is 358 g/mol. The molecule has 0 spiro atoms. The maximum absolute atomic E-state index is 14.6. The predicted molar refractivity (Wildman–Crippen MR) is 102 cm³/mol. The molecule has 0 aliphatic carbocycles.